The number of anilines is 1. The van der Waals surface area contributed by atoms with Gasteiger partial charge in [0.1, 0.15) is 0 Å². The number of piperazine rings is 1. The fourth-order valence-electron chi connectivity index (χ4n) is 2.15. The van der Waals surface area contributed by atoms with Gasteiger partial charge in [0, 0.05) is 36.9 Å². The molecule has 19 heavy (non-hydrogen) atoms. The number of amides is 1. The van der Waals surface area contributed by atoms with Crippen molar-refractivity contribution in [2.45, 2.75) is 6.42 Å². The van der Waals surface area contributed by atoms with Crippen molar-refractivity contribution in [3.63, 3.8) is 0 Å². The Hall–Kier alpha value is -1.33. The quantitative estimate of drug-likeness (QED) is 0.862. The van der Waals surface area contributed by atoms with E-state index in [2.05, 4.69) is 4.90 Å². The second-order valence-electron chi connectivity index (χ2n) is 4.49. The number of carbonyl (C=O) groups excluding carboxylic acids is 1. The van der Waals surface area contributed by atoms with Crippen LogP contribution in [0, 0.1) is 0 Å². The molecule has 0 unspecified atom stereocenters. The van der Waals surface area contributed by atoms with Crippen molar-refractivity contribution in [3.8, 4) is 0 Å². The van der Waals surface area contributed by atoms with Crippen LogP contribution in [0.15, 0.2) is 24.3 Å². The van der Waals surface area contributed by atoms with E-state index < -0.39 is 0 Å². The third-order valence-electron chi connectivity index (χ3n) is 3.13. The molecule has 4 nitrogen and oxygen atoms in total. The Balaban J connectivity index is 1.92. The van der Waals surface area contributed by atoms with Crippen molar-refractivity contribution < 1.29 is 4.79 Å². The van der Waals surface area contributed by atoms with Crippen LogP contribution < -0.4 is 10.6 Å². The number of hydrogen-bond acceptors (Lipinski definition) is 3. The first-order valence-corrected chi connectivity index (χ1v) is 6.91. The molecule has 0 atom stereocenters. The predicted octanol–water partition coefficient (Wildman–Crippen LogP) is 1.66. The Kier molecular flexibility index (Phi) is 4.61. The summed E-state index contributed by atoms with van der Waals surface area (Å²) in [5.74, 6) is 0.0123. The van der Waals surface area contributed by atoms with Gasteiger partial charge in [0.15, 0.2) is 0 Å². The van der Waals surface area contributed by atoms with Crippen LogP contribution >= 0.6 is 23.8 Å². The van der Waals surface area contributed by atoms with E-state index in [4.69, 9.17) is 29.6 Å². The molecule has 1 heterocycles. The highest BCUT2D eigenvalue weighted by Gasteiger charge is 2.21. The van der Waals surface area contributed by atoms with E-state index in [1.165, 1.54) is 0 Å². The normalized spacial score (nSPS) is 15.4. The Labute approximate surface area is 123 Å². The van der Waals surface area contributed by atoms with Crippen LogP contribution in [0.2, 0.25) is 5.02 Å². The summed E-state index contributed by atoms with van der Waals surface area (Å²) in [5, 5.41) is 0.726. The summed E-state index contributed by atoms with van der Waals surface area (Å²) in [7, 11) is 0. The van der Waals surface area contributed by atoms with Gasteiger partial charge < -0.3 is 15.5 Å². The second kappa shape index (κ2) is 6.21. The van der Waals surface area contributed by atoms with Gasteiger partial charge in [0.2, 0.25) is 5.91 Å². The van der Waals surface area contributed by atoms with E-state index in [1.54, 1.807) is 4.90 Å². The topological polar surface area (TPSA) is 49.6 Å². The zero-order chi connectivity index (χ0) is 13.8. The van der Waals surface area contributed by atoms with Gasteiger partial charge in [-0.05, 0) is 18.2 Å². The number of benzene rings is 1. The zero-order valence-electron chi connectivity index (χ0n) is 10.5. The van der Waals surface area contributed by atoms with Crippen molar-refractivity contribution in [1.82, 2.24) is 4.90 Å². The van der Waals surface area contributed by atoms with Crippen molar-refractivity contribution >= 4 is 40.4 Å². The highest BCUT2D eigenvalue weighted by molar-refractivity contribution is 7.80. The van der Waals surface area contributed by atoms with Gasteiger partial charge in [0.05, 0.1) is 11.4 Å². The van der Waals surface area contributed by atoms with Gasteiger partial charge in [-0.3, -0.25) is 4.79 Å². The number of thiocarbonyl (C=S) groups is 1. The van der Waals surface area contributed by atoms with Crippen molar-refractivity contribution in [2.24, 2.45) is 5.73 Å². The largest absolute Gasteiger partial charge is 0.393 e. The number of rotatable bonds is 3. The molecule has 2 rings (SSSR count). The molecule has 2 N–H and O–H groups in total. The summed E-state index contributed by atoms with van der Waals surface area (Å²) >= 11 is 10.7. The summed E-state index contributed by atoms with van der Waals surface area (Å²) in [6, 6.07) is 7.75. The minimum absolute atomic E-state index is 0.0123. The molecule has 1 aliphatic heterocycles. The number of nitrogens with zero attached hydrogens (tertiary/aromatic N) is 2. The van der Waals surface area contributed by atoms with Crippen LogP contribution in [0.5, 0.6) is 0 Å². The second-order valence-corrected chi connectivity index (χ2v) is 5.45. The average molecular weight is 298 g/mol. The third kappa shape index (κ3) is 3.81. The Morgan fingerprint density at radius 3 is 2.58 bits per heavy atom. The van der Waals surface area contributed by atoms with Crippen molar-refractivity contribution in [3.05, 3.63) is 29.3 Å². The summed E-state index contributed by atoms with van der Waals surface area (Å²) in [5.41, 5.74) is 6.49. The van der Waals surface area contributed by atoms with Crippen LogP contribution in [-0.4, -0.2) is 42.0 Å². The first-order valence-electron chi connectivity index (χ1n) is 6.13. The van der Waals surface area contributed by atoms with Crippen LogP contribution in [0.3, 0.4) is 0 Å². The molecule has 102 valence electrons. The van der Waals surface area contributed by atoms with Gasteiger partial charge in [-0.15, -0.1) is 0 Å². The number of hydrogen-bond donors (Lipinski definition) is 1. The predicted molar refractivity (Wildman–Crippen MR) is 81.6 cm³/mol. The number of carbonyl (C=O) groups is 1. The fourth-order valence-corrected chi connectivity index (χ4v) is 2.46. The molecule has 1 aliphatic rings. The lowest BCUT2D eigenvalue weighted by molar-refractivity contribution is -0.130. The fraction of sp³-hybridized carbons (Fsp3) is 0.385. The van der Waals surface area contributed by atoms with E-state index in [0.29, 0.717) is 13.1 Å². The number of nitrogens with two attached hydrogens (primary N) is 1. The molecule has 1 saturated heterocycles. The smallest absolute Gasteiger partial charge is 0.229 e. The summed E-state index contributed by atoms with van der Waals surface area (Å²) in [4.78, 5) is 16.1. The molecule has 1 amide bonds. The van der Waals surface area contributed by atoms with E-state index in [0.717, 1.165) is 23.8 Å². The maximum absolute atomic E-state index is 11.8. The lowest BCUT2D eigenvalue weighted by Gasteiger charge is -2.36. The molecular formula is C13H16ClN3OS. The maximum Gasteiger partial charge on any atom is 0.229 e. The lowest BCUT2D eigenvalue weighted by atomic mass is 10.2. The van der Waals surface area contributed by atoms with E-state index in [9.17, 15) is 4.79 Å². The highest BCUT2D eigenvalue weighted by Crippen LogP contribution is 2.20. The van der Waals surface area contributed by atoms with Gasteiger partial charge >= 0.3 is 0 Å². The maximum atomic E-state index is 11.8. The molecule has 0 saturated carbocycles. The minimum Gasteiger partial charge on any atom is -0.393 e. The number of halogens is 1. The van der Waals surface area contributed by atoms with E-state index in [1.807, 2.05) is 24.3 Å². The monoisotopic (exact) mass is 297 g/mol. The average Bonchev–Trinajstić information content (AvgIpc) is 2.38. The molecular weight excluding hydrogens is 282 g/mol. The van der Waals surface area contributed by atoms with Crippen LogP contribution in [0.1, 0.15) is 6.42 Å². The minimum atomic E-state index is 0.0123. The summed E-state index contributed by atoms with van der Waals surface area (Å²) in [6.45, 7) is 2.97. The van der Waals surface area contributed by atoms with Crippen LogP contribution in [0.25, 0.3) is 0 Å². The van der Waals surface area contributed by atoms with Gasteiger partial charge in [-0.1, -0.05) is 29.9 Å². The van der Waals surface area contributed by atoms with Crippen LogP contribution in [-0.2, 0) is 4.79 Å². The van der Waals surface area contributed by atoms with Gasteiger partial charge in [-0.25, -0.2) is 0 Å². The first kappa shape index (κ1) is 14.1. The first-order chi connectivity index (χ1) is 9.06. The van der Waals surface area contributed by atoms with Gasteiger partial charge in [0.25, 0.3) is 0 Å². The standard InChI is InChI=1S/C13H16ClN3OS/c14-10-2-1-3-11(8-10)16-4-6-17(7-5-16)13(18)9-12(15)19/h1-3,8H,4-7,9H2,(H2,15,19). The Morgan fingerprint density at radius 2 is 2.00 bits per heavy atom. The highest BCUT2D eigenvalue weighted by atomic mass is 35.5. The molecule has 0 spiro atoms. The summed E-state index contributed by atoms with van der Waals surface area (Å²) in [6.07, 6.45) is 0.159. The molecule has 1 fully saturated rings. The van der Waals surface area contributed by atoms with Crippen molar-refractivity contribution in [1.29, 1.82) is 0 Å². The molecule has 6 heteroatoms. The zero-order valence-corrected chi connectivity index (χ0v) is 12.1. The lowest BCUT2D eigenvalue weighted by Crippen LogP contribution is -2.49. The molecule has 1 aromatic carbocycles. The van der Waals surface area contributed by atoms with E-state index in [-0.39, 0.29) is 17.3 Å². The molecule has 1 aromatic rings. The van der Waals surface area contributed by atoms with E-state index >= 15 is 0 Å². The van der Waals surface area contributed by atoms with Crippen LogP contribution in [0.4, 0.5) is 5.69 Å². The SMILES string of the molecule is NC(=S)CC(=O)N1CCN(c2cccc(Cl)c2)CC1. The third-order valence-corrected chi connectivity index (χ3v) is 3.51. The van der Waals surface area contributed by atoms with Crippen molar-refractivity contribution in [2.75, 3.05) is 31.1 Å². The Bertz CT molecular complexity index is 487. The molecule has 0 aromatic heterocycles. The van der Waals surface area contributed by atoms with Gasteiger partial charge in [-0.2, -0.15) is 0 Å². The summed E-state index contributed by atoms with van der Waals surface area (Å²) < 4.78 is 0. The molecule has 0 bridgehead atoms. The Morgan fingerprint density at radius 1 is 1.32 bits per heavy atom. The molecule has 0 aliphatic carbocycles. The molecule has 0 radical (unpaired) electrons.